The lowest BCUT2D eigenvalue weighted by molar-refractivity contribution is 0.119. The highest BCUT2D eigenvalue weighted by atomic mass is 35.5. The molecule has 0 aliphatic carbocycles. The molecule has 4 heteroatoms. The summed E-state index contributed by atoms with van der Waals surface area (Å²) >= 11 is 6.18. The molecule has 0 radical (unpaired) electrons. The molecule has 2 saturated heterocycles. The molecule has 1 aromatic rings. The van der Waals surface area contributed by atoms with Crippen molar-refractivity contribution in [2.24, 2.45) is 5.73 Å². The maximum Gasteiger partial charge on any atom is 0.121 e. The first-order valence-corrected chi connectivity index (χ1v) is 7.00. The number of phenolic OH excluding ortho intramolecular Hbond substituents is 1. The number of nitrogens with two attached hydrogens (primary N) is 1. The summed E-state index contributed by atoms with van der Waals surface area (Å²) in [6, 6.07) is 6.80. The first kappa shape index (κ1) is 12.3. The predicted octanol–water partition coefficient (Wildman–Crippen LogP) is 2.50. The summed E-state index contributed by atoms with van der Waals surface area (Å²) in [5, 5.41) is 10.6. The number of hydrogen-bond donors (Lipinski definition) is 2. The minimum atomic E-state index is 0.303. The van der Waals surface area contributed by atoms with Gasteiger partial charge in [-0.3, -0.25) is 4.90 Å². The number of phenols is 1. The Balaban J connectivity index is 1.81. The van der Waals surface area contributed by atoms with Crippen LogP contribution in [0.1, 0.15) is 31.2 Å². The minimum Gasteiger partial charge on any atom is -0.508 e. The van der Waals surface area contributed by atoms with E-state index in [2.05, 4.69) is 4.90 Å². The molecule has 2 aliphatic rings. The third-order valence-corrected chi connectivity index (χ3v) is 4.71. The zero-order chi connectivity index (χ0) is 12.7. The highest BCUT2D eigenvalue weighted by Gasteiger charge is 2.39. The Morgan fingerprint density at radius 1 is 1.28 bits per heavy atom. The van der Waals surface area contributed by atoms with Crippen molar-refractivity contribution in [1.82, 2.24) is 4.90 Å². The van der Waals surface area contributed by atoms with Crippen LogP contribution < -0.4 is 5.73 Å². The molecule has 2 fully saturated rings. The van der Waals surface area contributed by atoms with Gasteiger partial charge in [0.05, 0.1) is 0 Å². The van der Waals surface area contributed by atoms with Crippen LogP contribution in [0.25, 0.3) is 0 Å². The van der Waals surface area contributed by atoms with E-state index >= 15 is 0 Å². The standard InChI is InChI=1S/C14H19ClN2O/c15-13-2-1-3-14(18)12(13)8-17-10-4-5-11(17)7-9(16)6-10/h1-3,9-11,18H,4-8,16H2. The Bertz CT molecular complexity index is 417. The molecule has 0 aromatic heterocycles. The van der Waals surface area contributed by atoms with E-state index in [1.165, 1.54) is 12.8 Å². The number of nitrogens with zero attached hydrogens (tertiary/aromatic N) is 1. The van der Waals surface area contributed by atoms with E-state index in [1.54, 1.807) is 12.1 Å². The van der Waals surface area contributed by atoms with Gasteiger partial charge in [-0.1, -0.05) is 17.7 Å². The zero-order valence-electron chi connectivity index (χ0n) is 10.3. The smallest absolute Gasteiger partial charge is 0.121 e. The minimum absolute atomic E-state index is 0.303. The molecule has 0 amide bonds. The first-order valence-electron chi connectivity index (χ1n) is 6.63. The van der Waals surface area contributed by atoms with Gasteiger partial charge in [-0.15, -0.1) is 0 Å². The van der Waals surface area contributed by atoms with Crippen molar-refractivity contribution >= 4 is 11.6 Å². The summed E-state index contributed by atoms with van der Waals surface area (Å²) in [7, 11) is 0. The lowest BCUT2D eigenvalue weighted by atomic mass is 9.97. The van der Waals surface area contributed by atoms with Gasteiger partial charge in [0.1, 0.15) is 5.75 Å². The highest BCUT2D eigenvalue weighted by molar-refractivity contribution is 6.31. The quantitative estimate of drug-likeness (QED) is 0.865. The van der Waals surface area contributed by atoms with Crippen LogP contribution in [0.15, 0.2) is 18.2 Å². The summed E-state index contributed by atoms with van der Waals surface area (Å²) in [4.78, 5) is 2.48. The molecule has 3 rings (SSSR count). The lowest BCUT2D eigenvalue weighted by Gasteiger charge is -2.37. The summed E-state index contributed by atoms with van der Waals surface area (Å²) in [5.74, 6) is 0.303. The second-order valence-electron chi connectivity index (χ2n) is 5.53. The van der Waals surface area contributed by atoms with Gasteiger partial charge in [0.15, 0.2) is 0 Å². The van der Waals surface area contributed by atoms with Gasteiger partial charge in [-0.25, -0.2) is 0 Å². The van der Waals surface area contributed by atoms with Crippen molar-refractivity contribution in [3.05, 3.63) is 28.8 Å². The zero-order valence-corrected chi connectivity index (χ0v) is 11.1. The molecule has 2 atom stereocenters. The summed E-state index contributed by atoms with van der Waals surface area (Å²) < 4.78 is 0. The van der Waals surface area contributed by atoms with Gasteiger partial charge in [0, 0.05) is 35.3 Å². The van der Waals surface area contributed by atoms with E-state index in [-0.39, 0.29) is 0 Å². The van der Waals surface area contributed by atoms with E-state index in [9.17, 15) is 5.11 Å². The van der Waals surface area contributed by atoms with Crippen LogP contribution in [0.4, 0.5) is 0 Å². The van der Waals surface area contributed by atoms with Crippen LogP contribution in [-0.4, -0.2) is 28.1 Å². The van der Waals surface area contributed by atoms with E-state index in [4.69, 9.17) is 17.3 Å². The predicted molar refractivity (Wildman–Crippen MR) is 72.7 cm³/mol. The second kappa shape index (κ2) is 4.72. The van der Waals surface area contributed by atoms with Gasteiger partial charge in [-0.05, 0) is 37.8 Å². The monoisotopic (exact) mass is 266 g/mol. The van der Waals surface area contributed by atoms with E-state index in [0.717, 1.165) is 24.9 Å². The van der Waals surface area contributed by atoms with E-state index < -0.39 is 0 Å². The molecule has 18 heavy (non-hydrogen) atoms. The molecule has 0 saturated carbocycles. The molecule has 2 bridgehead atoms. The van der Waals surface area contributed by atoms with E-state index in [0.29, 0.717) is 28.9 Å². The molecule has 3 nitrogen and oxygen atoms in total. The van der Waals surface area contributed by atoms with Crippen molar-refractivity contribution in [2.75, 3.05) is 0 Å². The van der Waals surface area contributed by atoms with Crippen molar-refractivity contribution in [3.63, 3.8) is 0 Å². The Hall–Kier alpha value is -0.770. The van der Waals surface area contributed by atoms with Crippen molar-refractivity contribution in [2.45, 2.75) is 50.4 Å². The largest absolute Gasteiger partial charge is 0.508 e. The van der Waals surface area contributed by atoms with Gasteiger partial charge < -0.3 is 10.8 Å². The van der Waals surface area contributed by atoms with Crippen LogP contribution >= 0.6 is 11.6 Å². The fourth-order valence-electron chi connectivity index (χ4n) is 3.46. The molecule has 3 N–H and O–H groups in total. The van der Waals surface area contributed by atoms with Gasteiger partial charge in [0.25, 0.3) is 0 Å². The van der Waals surface area contributed by atoms with Gasteiger partial charge in [-0.2, -0.15) is 0 Å². The lowest BCUT2D eigenvalue weighted by Crippen LogP contribution is -2.46. The van der Waals surface area contributed by atoms with Crippen LogP contribution in [-0.2, 0) is 6.54 Å². The number of halogens is 1. The normalized spacial score (nSPS) is 31.8. The molecule has 2 aliphatic heterocycles. The van der Waals surface area contributed by atoms with Crippen LogP contribution in [0.3, 0.4) is 0 Å². The first-order chi connectivity index (χ1) is 8.65. The van der Waals surface area contributed by atoms with Gasteiger partial charge >= 0.3 is 0 Å². The van der Waals surface area contributed by atoms with E-state index in [1.807, 2.05) is 6.07 Å². The van der Waals surface area contributed by atoms with Crippen LogP contribution in [0, 0.1) is 0 Å². The van der Waals surface area contributed by atoms with Crippen molar-refractivity contribution in [3.8, 4) is 5.75 Å². The summed E-state index contributed by atoms with van der Waals surface area (Å²) in [6.45, 7) is 0.744. The fraction of sp³-hybridized carbons (Fsp3) is 0.571. The molecule has 98 valence electrons. The fourth-order valence-corrected chi connectivity index (χ4v) is 3.69. The molecule has 2 heterocycles. The number of rotatable bonds is 2. The van der Waals surface area contributed by atoms with Gasteiger partial charge in [0.2, 0.25) is 0 Å². The third kappa shape index (κ3) is 2.11. The average molecular weight is 267 g/mol. The molecule has 1 aromatic carbocycles. The third-order valence-electron chi connectivity index (χ3n) is 4.36. The van der Waals surface area contributed by atoms with Crippen molar-refractivity contribution in [1.29, 1.82) is 0 Å². The molecular weight excluding hydrogens is 248 g/mol. The Labute approximate surface area is 113 Å². The maximum absolute atomic E-state index is 9.93. The van der Waals surface area contributed by atoms with Crippen LogP contribution in [0.2, 0.25) is 5.02 Å². The topological polar surface area (TPSA) is 49.5 Å². The summed E-state index contributed by atoms with van der Waals surface area (Å²) in [6.07, 6.45) is 4.59. The Kier molecular flexibility index (Phi) is 3.22. The molecule has 0 spiro atoms. The number of fused-ring (bicyclic) bond motifs is 2. The number of aromatic hydroxyl groups is 1. The van der Waals surface area contributed by atoms with Crippen LogP contribution in [0.5, 0.6) is 5.75 Å². The maximum atomic E-state index is 9.93. The molecule has 2 unspecified atom stereocenters. The number of piperidine rings is 1. The number of benzene rings is 1. The SMILES string of the molecule is NC1CC2CCC(C1)N2Cc1c(O)cccc1Cl. The Morgan fingerprint density at radius 2 is 1.94 bits per heavy atom. The number of hydrogen-bond acceptors (Lipinski definition) is 3. The Morgan fingerprint density at radius 3 is 2.56 bits per heavy atom. The van der Waals surface area contributed by atoms with Crippen molar-refractivity contribution < 1.29 is 5.11 Å². The highest BCUT2D eigenvalue weighted by Crippen LogP contribution is 2.38. The average Bonchev–Trinajstić information content (AvgIpc) is 2.56. The second-order valence-corrected chi connectivity index (χ2v) is 5.93. The molecular formula is C14H19ClN2O. The summed E-state index contributed by atoms with van der Waals surface area (Å²) in [5.41, 5.74) is 6.92.